The Kier molecular flexibility index (Phi) is 6.22. The van der Waals surface area contributed by atoms with Crippen molar-refractivity contribution in [2.24, 2.45) is 0 Å². The van der Waals surface area contributed by atoms with E-state index in [2.05, 4.69) is 10.6 Å². The van der Waals surface area contributed by atoms with Gasteiger partial charge in [-0.2, -0.15) is 0 Å². The first-order valence-electron chi connectivity index (χ1n) is 8.89. The van der Waals surface area contributed by atoms with Crippen LogP contribution in [0.3, 0.4) is 0 Å². The Morgan fingerprint density at radius 3 is 2.33 bits per heavy atom. The number of rotatable bonds is 5. The van der Waals surface area contributed by atoms with Crippen LogP contribution in [-0.4, -0.2) is 50.0 Å². The molecular weight excluding hydrogens is 342 g/mol. The average Bonchev–Trinajstić information content (AvgIpc) is 2.74. The van der Waals surface area contributed by atoms with Crippen molar-refractivity contribution in [1.29, 1.82) is 0 Å². The van der Waals surface area contributed by atoms with Gasteiger partial charge in [-0.25, -0.2) is 0 Å². The lowest BCUT2D eigenvalue weighted by molar-refractivity contribution is -0.127. The summed E-state index contributed by atoms with van der Waals surface area (Å²) in [7, 11) is 1.60. The highest BCUT2D eigenvalue weighted by Crippen LogP contribution is 2.15. The molecule has 2 aromatic rings. The van der Waals surface area contributed by atoms with Gasteiger partial charge < -0.3 is 20.3 Å². The molecule has 2 aromatic carbocycles. The van der Waals surface area contributed by atoms with E-state index in [-0.39, 0.29) is 17.5 Å². The summed E-state index contributed by atoms with van der Waals surface area (Å²) in [5.41, 5.74) is 1.57. The monoisotopic (exact) mass is 365 g/mol. The van der Waals surface area contributed by atoms with Gasteiger partial charge in [0.15, 0.2) is 0 Å². The van der Waals surface area contributed by atoms with Gasteiger partial charge in [0.25, 0.3) is 11.8 Å². The highest BCUT2D eigenvalue weighted by atomic mass is 16.5. The minimum Gasteiger partial charge on any atom is -0.497 e. The van der Waals surface area contributed by atoms with E-state index in [1.165, 1.54) is 0 Å². The van der Waals surface area contributed by atoms with Crippen molar-refractivity contribution < 1.29 is 14.3 Å². The number of methoxy groups -OCH3 is 1. The summed E-state index contributed by atoms with van der Waals surface area (Å²) >= 11 is 0. The number of nitrogens with zero attached hydrogens (tertiary/aromatic N) is 1. The molecule has 1 aliphatic heterocycles. The van der Waals surface area contributed by atoms with Gasteiger partial charge in [0.05, 0.1) is 7.11 Å². The second-order valence-corrected chi connectivity index (χ2v) is 6.19. The standard InChI is InChI=1S/C21H23N3O3/c1-27-18-9-7-16(8-10-18)15-19(21(26)24-13-11-22-12-14-24)23-20(25)17-5-3-2-4-6-17/h2-10,15,22H,11-14H2,1H3,(H,23,25). The van der Waals surface area contributed by atoms with Gasteiger partial charge in [0, 0.05) is 31.7 Å². The number of hydrogen-bond donors (Lipinski definition) is 2. The third-order valence-electron chi connectivity index (χ3n) is 4.35. The van der Waals surface area contributed by atoms with E-state index in [0.717, 1.165) is 24.4 Å². The Morgan fingerprint density at radius 1 is 1.04 bits per heavy atom. The van der Waals surface area contributed by atoms with Crippen LogP contribution in [0, 0.1) is 0 Å². The van der Waals surface area contributed by atoms with Gasteiger partial charge in [-0.1, -0.05) is 30.3 Å². The number of carbonyl (C=O) groups is 2. The topological polar surface area (TPSA) is 70.7 Å². The molecule has 140 valence electrons. The van der Waals surface area contributed by atoms with Gasteiger partial charge in [0.1, 0.15) is 11.4 Å². The Hall–Kier alpha value is -3.12. The van der Waals surface area contributed by atoms with Crippen LogP contribution in [0.2, 0.25) is 0 Å². The molecule has 0 radical (unpaired) electrons. The number of ether oxygens (including phenoxy) is 1. The normalized spacial score (nSPS) is 14.6. The summed E-state index contributed by atoms with van der Waals surface area (Å²) in [6.07, 6.45) is 1.70. The number of hydrogen-bond acceptors (Lipinski definition) is 4. The van der Waals surface area contributed by atoms with Crippen LogP contribution in [-0.2, 0) is 4.79 Å². The molecule has 0 spiro atoms. The van der Waals surface area contributed by atoms with Crippen LogP contribution >= 0.6 is 0 Å². The quantitative estimate of drug-likeness (QED) is 0.794. The largest absolute Gasteiger partial charge is 0.497 e. The first-order valence-corrected chi connectivity index (χ1v) is 8.89. The molecule has 1 heterocycles. The molecule has 6 heteroatoms. The molecule has 0 bridgehead atoms. The molecule has 3 rings (SSSR count). The number of benzene rings is 2. The molecule has 1 fully saturated rings. The summed E-state index contributed by atoms with van der Waals surface area (Å²) in [5, 5.41) is 6.01. The van der Waals surface area contributed by atoms with Crippen LogP contribution in [0.25, 0.3) is 6.08 Å². The van der Waals surface area contributed by atoms with Crippen molar-refractivity contribution in [3.05, 3.63) is 71.4 Å². The van der Waals surface area contributed by atoms with Gasteiger partial charge in [-0.15, -0.1) is 0 Å². The van der Waals surface area contributed by atoms with Crippen molar-refractivity contribution in [3.8, 4) is 5.75 Å². The minimum absolute atomic E-state index is 0.184. The molecule has 0 atom stereocenters. The van der Waals surface area contributed by atoms with Crippen LogP contribution in [0.4, 0.5) is 0 Å². The summed E-state index contributed by atoms with van der Waals surface area (Å²) < 4.78 is 5.17. The molecule has 1 aliphatic rings. The molecule has 0 aromatic heterocycles. The maximum atomic E-state index is 13.0. The number of nitrogens with one attached hydrogen (secondary N) is 2. The zero-order valence-electron chi connectivity index (χ0n) is 15.3. The van der Waals surface area contributed by atoms with Crippen LogP contribution < -0.4 is 15.4 Å². The van der Waals surface area contributed by atoms with Crippen LogP contribution in [0.5, 0.6) is 5.75 Å². The average molecular weight is 365 g/mol. The van der Waals surface area contributed by atoms with Gasteiger partial charge >= 0.3 is 0 Å². The first kappa shape index (κ1) is 18.7. The van der Waals surface area contributed by atoms with Crippen molar-refractivity contribution in [1.82, 2.24) is 15.5 Å². The molecule has 0 saturated carbocycles. The second-order valence-electron chi connectivity index (χ2n) is 6.19. The lowest BCUT2D eigenvalue weighted by Gasteiger charge is -2.28. The van der Waals surface area contributed by atoms with E-state index in [9.17, 15) is 9.59 Å². The Labute approximate surface area is 158 Å². The maximum absolute atomic E-state index is 13.0. The Balaban J connectivity index is 1.86. The van der Waals surface area contributed by atoms with E-state index in [0.29, 0.717) is 18.7 Å². The lowest BCUT2D eigenvalue weighted by atomic mass is 10.1. The fraction of sp³-hybridized carbons (Fsp3) is 0.238. The van der Waals surface area contributed by atoms with Crippen LogP contribution in [0.1, 0.15) is 15.9 Å². The second kappa shape index (κ2) is 9.00. The molecule has 1 saturated heterocycles. The van der Waals surface area contributed by atoms with Crippen molar-refractivity contribution in [3.63, 3.8) is 0 Å². The fourth-order valence-electron chi connectivity index (χ4n) is 2.84. The fourth-order valence-corrected chi connectivity index (χ4v) is 2.84. The third-order valence-corrected chi connectivity index (χ3v) is 4.35. The molecule has 6 nitrogen and oxygen atoms in total. The summed E-state index contributed by atoms with van der Waals surface area (Å²) in [4.78, 5) is 27.3. The Morgan fingerprint density at radius 2 is 1.70 bits per heavy atom. The predicted molar refractivity (Wildman–Crippen MR) is 104 cm³/mol. The zero-order valence-corrected chi connectivity index (χ0v) is 15.3. The van der Waals surface area contributed by atoms with Gasteiger partial charge in [-0.05, 0) is 35.9 Å². The van der Waals surface area contributed by atoms with Crippen molar-refractivity contribution >= 4 is 17.9 Å². The molecule has 0 unspecified atom stereocenters. The van der Waals surface area contributed by atoms with Crippen LogP contribution in [0.15, 0.2) is 60.3 Å². The Bertz CT molecular complexity index is 810. The minimum atomic E-state index is -0.307. The van der Waals surface area contributed by atoms with E-state index in [4.69, 9.17) is 4.74 Å². The van der Waals surface area contributed by atoms with Gasteiger partial charge in [-0.3, -0.25) is 9.59 Å². The van der Waals surface area contributed by atoms with Crippen molar-refractivity contribution in [2.75, 3.05) is 33.3 Å². The number of piperazine rings is 1. The number of carbonyl (C=O) groups excluding carboxylic acids is 2. The third kappa shape index (κ3) is 4.95. The molecular formula is C21H23N3O3. The van der Waals surface area contributed by atoms with E-state index in [1.54, 1.807) is 42.4 Å². The van der Waals surface area contributed by atoms with Crippen molar-refractivity contribution in [2.45, 2.75) is 0 Å². The van der Waals surface area contributed by atoms with Gasteiger partial charge in [0.2, 0.25) is 0 Å². The SMILES string of the molecule is COc1ccc(C=C(NC(=O)c2ccccc2)C(=O)N2CCNCC2)cc1. The predicted octanol–water partition coefficient (Wildman–Crippen LogP) is 1.90. The maximum Gasteiger partial charge on any atom is 0.270 e. The van der Waals surface area contributed by atoms with E-state index < -0.39 is 0 Å². The summed E-state index contributed by atoms with van der Waals surface area (Å²) in [6, 6.07) is 16.2. The molecule has 2 N–H and O–H groups in total. The van der Waals surface area contributed by atoms with E-state index >= 15 is 0 Å². The molecule has 2 amide bonds. The molecule has 0 aliphatic carbocycles. The molecule has 27 heavy (non-hydrogen) atoms. The highest BCUT2D eigenvalue weighted by molar-refractivity contribution is 6.05. The smallest absolute Gasteiger partial charge is 0.270 e. The first-order chi connectivity index (χ1) is 13.2. The highest BCUT2D eigenvalue weighted by Gasteiger charge is 2.22. The summed E-state index contributed by atoms with van der Waals surface area (Å²) in [6.45, 7) is 2.71. The lowest BCUT2D eigenvalue weighted by Crippen LogP contribution is -2.48. The summed E-state index contributed by atoms with van der Waals surface area (Å²) in [5.74, 6) is 0.242. The zero-order chi connectivity index (χ0) is 19.1. The number of amides is 2. The van der Waals surface area contributed by atoms with E-state index in [1.807, 2.05) is 30.3 Å².